The van der Waals surface area contributed by atoms with E-state index in [1.807, 2.05) is 6.07 Å². The summed E-state index contributed by atoms with van der Waals surface area (Å²) in [5.41, 5.74) is 0.599. The first-order valence-corrected chi connectivity index (χ1v) is 5.01. The van der Waals surface area contributed by atoms with E-state index in [0.717, 1.165) is 12.1 Å². The van der Waals surface area contributed by atoms with Gasteiger partial charge in [0.1, 0.15) is 22.9 Å². The van der Waals surface area contributed by atoms with Gasteiger partial charge in [0.2, 0.25) is 0 Å². The summed E-state index contributed by atoms with van der Waals surface area (Å²) in [6, 6.07) is 7.92. The van der Waals surface area contributed by atoms with E-state index in [-0.39, 0.29) is 22.0 Å². The lowest BCUT2D eigenvalue weighted by molar-refractivity contribution is 0.585. The Kier molecular flexibility index (Phi) is 3.03. The highest BCUT2D eigenvalue weighted by molar-refractivity contribution is 6.30. The summed E-state index contributed by atoms with van der Waals surface area (Å²) in [6.07, 6.45) is 0. The topological polar surface area (TPSA) is 36.7 Å². The van der Waals surface area contributed by atoms with Crippen molar-refractivity contribution in [1.82, 2.24) is 4.98 Å². The molecule has 2 aromatic rings. The second-order valence-electron chi connectivity index (χ2n) is 3.27. The maximum Gasteiger partial charge on any atom is 0.147 e. The number of nitriles is 1. The van der Waals surface area contributed by atoms with Crippen LogP contribution in [-0.2, 0) is 0 Å². The number of nitrogens with zero attached hydrogens (tertiary/aromatic N) is 2. The minimum Gasteiger partial charge on any atom is -0.235 e. The Hall–Kier alpha value is -1.99. The van der Waals surface area contributed by atoms with E-state index in [0.29, 0.717) is 0 Å². The zero-order valence-electron chi connectivity index (χ0n) is 8.42. The molecule has 0 bridgehead atoms. The summed E-state index contributed by atoms with van der Waals surface area (Å²) >= 11 is 5.73. The van der Waals surface area contributed by atoms with E-state index < -0.39 is 11.6 Å². The highest BCUT2D eigenvalue weighted by Gasteiger charge is 2.10. The Labute approximate surface area is 101 Å². The number of rotatable bonds is 1. The van der Waals surface area contributed by atoms with Gasteiger partial charge in [-0.2, -0.15) is 5.26 Å². The third-order valence-electron chi connectivity index (χ3n) is 2.18. The molecule has 2 rings (SSSR count). The van der Waals surface area contributed by atoms with Gasteiger partial charge in [-0.05, 0) is 24.3 Å². The quantitative estimate of drug-likeness (QED) is 0.726. The van der Waals surface area contributed by atoms with Crippen LogP contribution in [0.2, 0.25) is 5.15 Å². The summed E-state index contributed by atoms with van der Waals surface area (Å²) in [7, 11) is 0. The highest BCUT2D eigenvalue weighted by Crippen LogP contribution is 2.24. The van der Waals surface area contributed by atoms with E-state index >= 15 is 0 Å². The predicted octanol–water partition coefficient (Wildman–Crippen LogP) is 3.55. The van der Waals surface area contributed by atoms with Crippen molar-refractivity contribution >= 4 is 11.6 Å². The monoisotopic (exact) mass is 250 g/mol. The van der Waals surface area contributed by atoms with Gasteiger partial charge in [-0.1, -0.05) is 11.6 Å². The predicted molar refractivity (Wildman–Crippen MR) is 59.3 cm³/mol. The van der Waals surface area contributed by atoms with Crippen molar-refractivity contribution in [2.45, 2.75) is 0 Å². The molecule has 1 heterocycles. The van der Waals surface area contributed by atoms with Crippen LogP contribution in [0.25, 0.3) is 11.3 Å². The van der Waals surface area contributed by atoms with Gasteiger partial charge in [-0.25, -0.2) is 13.8 Å². The number of hydrogen-bond donors (Lipinski definition) is 0. The summed E-state index contributed by atoms with van der Waals surface area (Å²) in [5.74, 6) is -1.38. The number of pyridine rings is 1. The Morgan fingerprint density at radius 1 is 1.18 bits per heavy atom. The normalized spacial score (nSPS) is 10.0. The summed E-state index contributed by atoms with van der Waals surface area (Å²) in [5, 5.41) is 8.67. The molecule has 1 aromatic heterocycles. The van der Waals surface area contributed by atoms with Crippen LogP contribution in [-0.4, -0.2) is 4.98 Å². The average molecular weight is 251 g/mol. The molecular formula is C12H5ClF2N2. The summed E-state index contributed by atoms with van der Waals surface area (Å²) in [4.78, 5) is 3.89. The molecule has 17 heavy (non-hydrogen) atoms. The molecule has 0 aliphatic carbocycles. The molecule has 0 saturated heterocycles. The lowest BCUT2D eigenvalue weighted by atomic mass is 10.1. The van der Waals surface area contributed by atoms with E-state index in [1.54, 1.807) is 0 Å². The zero-order valence-corrected chi connectivity index (χ0v) is 9.17. The Balaban J connectivity index is 2.54. The zero-order chi connectivity index (χ0) is 12.4. The molecule has 0 aliphatic rings. The Morgan fingerprint density at radius 2 is 1.94 bits per heavy atom. The van der Waals surface area contributed by atoms with Crippen molar-refractivity contribution in [2.24, 2.45) is 0 Å². The maximum atomic E-state index is 13.5. The molecule has 0 aliphatic heterocycles. The number of hydrogen-bond acceptors (Lipinski definition) is 2. The van der Waals surface area contributed by atoms with Gasteiger partial charge in [0.15, 0.2) is 0 Å². The second-order valence-corrected chi connectivity index (χ2v) is 3.63. The molecular weight excluding hydrogens is 246 g/mol. The van der Waals surface area contributed by atoms with Crippen LogP contribution in [0.15, 0.2) is 30.3 Å². The van der Waals surface area contributed by atoms with Crippen molar-refractivity contribution in [2.75, 3.05) is 0 Å². The lowest BCUT2D eigenvalue weighted by Crippen LogP contribution is -1.91. The van der Waals surface area contributed by atoms with E-state index in [1.165, 1.54) is 18.2 Å². The van der Waals surface area contributed by atoms with Crippen LogP contribution < -0.4 is 0 Å². The fourth-order valence-electron chi connectivity index (χ4n) is 1.36. The van der Waals surface area contributed by atoms with Gasteiger partial charge in [-0.3, -0.25) is 0 Å². The van der Waals surface area contributed by atoms with Crippen LogP contribution in [0.1, 0.15) is 5.56 Å². The van der Waals surface area contributed by atoms with Crippen molar-refractivity contribution in [1.29, 1.82) is 5.26 Å². The summed E-state index contributed by atoms with van der Waals surface area (Å²) in [6.45, 7) is 0. The van der Waals surface area contributed by atoms with E-state index in [2.05, 4.69) is 4.98 Å². The first-order valence-electron chi connectivity index (χ1n) is 4.64. The van der Waals surface area contributed by atoms with Crippen molar-refractivity contribution in [3.8, 4) is 17.3 Å². The molecule has 0 atom stereocenters. The smallest absolute Gasteiger partial charge is 0.147 e. The van der Waals surface area contributed by atoms with E-state index in [9.17, 15) is 8.78 Å². The molecule has 0 saturated carbocycles. The molecule has 1 aromatic carbocycles. The minimum atomic E-state index is -0.724. The van der Waals surface area contributed by atoms with Gasteiger partial charge in [0.05, 0.1) is 11.3 Å². The summed E-state index contributed by atoms with van der Waals surface area (Å²) < 4.78 is 26.2. The molecule has 0 unspecified atom stereocenters. The fourth-order valence-corrected chi connectivity index (χ4v) is 1.56. The van der Waals surface area contributed by atoms with Crippen LogP contribution in [0.4, 0.5) is 8.78 Å². The van der Waals surface area contributed by atoms with Crippen molar-refractivity contribution < 1.29 is 8.78 Å². The van der Waals surface area contributed by atoms with Crippen LogP contribution in [0.3, 0.4) is 0 Å². The molecule has 0 radical (unpaired) electrons. The molecule has 84 valence electrons. The van der Waals surface area contributed by atoms with Crippen LogP contribution >= 0.6 is 11.6 Å². The standard InChI is InChI=1S/C12H5ClF2N2/c13-12-7(6-16)1-4-11(17-12)9-3-2-8(14)5-10(9)15/h1-5H. The SMILES string of the molecule is N#Cc1ccc(-c2ccc(F)cc2F)nc1Cl. The van der Waals surface area contributed by atoms with E-state index in [4.69, 9.17) is 16.9 Å². The van der Waals surface area contributed by atoms with Gasteiger partial charge in [-0.15, -0.1) is 0 Å². The molecule has 5 heteroatoms. The number of halogens is 3. The molecule has 0 N–H and O–H groups in total. The molecule has 0 spiro atoms. The average Bonchev–Trinajstić information content (AvgIpc) is 2.29. The molecule has 2 nitrogen and oxygen atoms in total. The third kappa shape index (κ3) is 2.24. The van der Waals surface area contributed by atoms with Gasteiger partial charge < -0.3 is 0 Å². The largest absolute Gasteiger partial charge is 0.235 e. The number of benzene rings is 1. The first kappa shape index (κ1) is 11.5. The lowest BCUT2D eigenvalue weighted by Gasteiger charge is -2.03. The molecule has 0 amide bonds. The third-order valence-corrected chi connectivity index (χ3v) is 2.46. The van der Waals surface area contributed by atoms with Gasteiger partial charge in [0, 0.05) is 11.6 Å². The van der Waals surface area contributed by atoms with Crippen LogP contribution in [0, 0.1) is 23.0 Å². The Bertz CT molecular complexity index is 620. The fraction of sp³-hybridized carbons (Fsp3) is 0. The van der Waals surface area contributed by atoms with Crippen molar-refractivity contribution in [3.05, 3.63) is 52.7 Å². The molecule has 0 fully saturated rings. The van der Waals surface area contributed by atoms with Crippen LogP contribution in [0.5, 0.6) is 0 Å². The number of aromatic nitrogens is 1. The highest BCUT2D eigenvalue weighted by atomic mass is 35.5. The first-order chi connectivity index (χ1) is 8.11. The maximum absolute atomic E-state index is 13.5. The second kappa shape index (κ2) is 4.48. The van der Waals surface area contributed by atoms with Gasteiger partial charge >= 0.3 is 0 Å². The van der Waals surface area contributed by atoms with Gasteiger partial charge in [0.25, 0.3) is 0 Å². The Morgan fingerprint density at radius 3 is 2.53 bits per heavy atom. The van der Waals surface area contributed by atoms with Crippen molar-refractivity contribution in [3.63, 3.8) is 0 Å². The minimum absolute atomic E-state index is 0.00581.